The number of nitrogens with zero attached hydrogens (tertiary/aromatic N) is 7. The van der Waals surface area contributed by atoms with Gasteiger partial charge >= 0.3 is 0 Å². The Labute approximate surface area is 184 Å². The van der Waals surface area contributed by atoms with Gasteiger partial charge in [-0.05, 0) is 36.4 Å². The topological polar surface area (TPSA) is 110 Å². The maximum atomic E-state index is 12.6. The summed E-state index contributed by atoms with van der Waals surface area (Å²) in [5.41, 5.74) is 2.57. The van der Waals surface area contributed by atoms with Crippen molar-refractivity contribution in [3.05, 3.63) is 66.1 Å². The van der Waals surface area contributed by atoms with Crippen LogP contribution in [0.1, 0.15) is 16.1 Å². The van der Waals surface area contributed by atoms with Crippen molar-refractivity contribution < 1.29 is 9.53 Å². The molecule has 1 saturated heterocycles. The number of rotatable bonds is 6. The number of hydrogen-bond donors (Lipinski definition) is 1. The zero-order valence-electron chi connectivity index (χ0n) is 17.4. The van der Waals surface area contributed by atoms with E-state index in [1.807, 2.05) is 30.3 Å². The van der Waals surface area contributed by atoms with Gasteiger partial charge in [-0.1, -0.05) is 6.07 Å². The van der Waals surface area contributed by atoms with Gasteiger partial charge < -0.3 is 15.0 Å². The van der Waals surface area contributed by atoms with Crippen LogP contribution in [0.4, 0.5) is 5.82 Å². The molecule has 5 rings (SSSR count). The number of fused-ring (bicyclic) bond motifs is 1. The van der Waals surface area contributed by atoms with Crippen molar-refractivity contribution in [1.82, 2.24) is 35.1 Å². The van der Waals surface area contributed by atoms with Crippen molar-refractivity contribution in [3.63, 3.8) is 0 Å². The highest BCUT2D eigenvalue weighted by Gasteiger charge is 2.17. The first-order valence-electron chi connectivity index (χ1n) is 10.5. The molecule has 10 nitrogen and oxygen atoms in total. The maximum absolute atomic E-state index is 12.6. The molecular formula is C22H22N8O2. The Balaban J connectivity index is 1.34. The summed E-state index contributed by atoms with van der Waals surface area (Å²) in [6.45, 7) is 3.40. The maximum Gasteiger partial charge on any atom is 0.251 e. The van der Waals surface area contributed by atoms with Crippen LogP contribution in [0.5, 0.6) is 0 Å². The van der Waals surface area contributed by atoms with Gasteiger partial charge in [0.1, 0.15) is 11.5 Å². The van der Waals surface area contributed by atoms with Crippen molar-refractivity contribution in [1.29, 1.82) is 0 Å². The molecule has 162 valence electrons. The van der Waals surface area contributed by atoms with Crippen molar-refractivity contribution in [2.24, 2.45) is 0 Å². The Bertz CT molecular complexity index is 1220. The van der Waals surface area contributed by atoms with Crippen LogP contribution in [0, 0.1) is 0 Å². The Hall–Kier alpha value is -3.92. The lowest BCUT2D eigenvalue weighted by Crippen LogP contribution is -2.37. The van der Waals surface area contributed by atoms with E-state index < -0.39 is 0 Å². The van der Waals surface area contributed by atoms with E-state index in [1.165, 1.54) is 0 Å². The van der Waals surface area contributed by atoms with Crippen LogP contribution in [0.25, 0.3) is 17.2 Å². The Morgan fingerprint density at radius 2 is 1.94 bits per heavy atom. The summed E-state index contributed by atoms with van der Waals surface area (Å²) in [6.07, 6.45) is 4.00. The SMILES string of the molecule is O=C(NCCc1ccccn1)c1ccnc(-c2nnc3ccc(N4CCOCC4)nn23)c1. The van der Waals surface area contributed by atoms with E-state index in [-0.39, 0.29) is 5.91 Å². The Morgan fingerprint density at radius 3 is 2.78 bits per heavy atom. The summed E-state index contributed by atoms with van der Waals surface area (Å²) < 4.78 is 7.09. The molecule has 1 N–H and O–H groups in total. The number of pyridine rings is 2. The molecule has 5 heterocycles. The van der Waals surface area contributed by atoms with E-state index in [2.05, 4.69) is 30.4 Å². The third kappa shape index (κ3) is 4.26. The lowest BCUT2D eigenvalue weighted by Gasteiger charge is -2.27. The van der Waals surface area contributed by atoms with Gasteiger partial charge in [0.25, 0.3) is 5.91 Å². The van der Waals surface area contributed by atoms with Gasteiger partial charge in [-0.15, -0.1) is 15.3 Å². The van der Waals surface area contributed by atoms with Crippen LogP contribution in [0.2, 0.25) is 0 Å². The van der Waals surface area contributed by atoms with E-state index >= 15 is 0 Å². The highest BCUT2D eigenvalue weighted by atomic mass is 16.5. The monoisotopic (exact) mass is 430 g/mol. The number of amides is 1. The highest BCUT2D eigenvalue weighted by Crippen LogP contribution is 2.19. The summed E-state index contributed by atoms with van der Waals surface area (Å²) >= 11 is 0. The van der Waals surface area contributed by atoms with Gasteiger partial charge in [-0.2, -0.15) is 4.52 Å². The fourth-order valence-electron chi connectivity index (χ4n) is 3.55. The van der Waals surface area contributed by atoms with Crippen molar-refractivity contribution in [3.8, 4) is 11.5 Å². The van der Waals surface area contributed by atoms with Gasteiger partial charge in [0, 0.05) is 49.7 Å². The number of anilines is 1. The molecule has 10 heteroatoms. The minimum atomic E-state index is -0.180. The molecule has 0 unspecified atom stereocenters. The third-order valence-corrected chi connectivity index (χ3v) is 5.23. The van der Waals surface area contributed by atoms with Crippen LogP contribution in [0.15, 0.2) is 54.9 Å². The summed E-state index contributed by atoms with van der Waals surface area (Å²) in [5, 5.41) is 16.1. The van der Waals surface area contributed by atoms with Crippen LogP contribution in [-0.4, -0.2) is 68.5 Å². The number of ether oxygens (including phenoxy) is 1. The van der Waals surface area contributed by atoms with E-state index in [0.717, 1.165) is 24.6 Å². The Kier molecular flexibility index (Phi) is 5.67. The highest BCUT2D eigenvalue weighted by molar-refractivity contribution is 5.94. The summed E-state index contributed by atoms with van der Waals surface area (Å²) in [4.78, 5) is 23.5. The summed E-state index contributed by atoms with van der Waals surface area (Å²) in [6, 6.07) is 12.9. The molecule has 1 amide bonds. The molecule has 4 aromatic rings. The number of aromatic nitrogens is 6. The number of carbonyl (C=O) groups is 1. The molecule has 0 aliphatic carbocycles. The van der Waals surface area contributed by atoms with Crippen LogP contribution in [0.3, 0.4) is 0 Å². The normalized spacial score (nSPS) is 13.9. The molecule has 1 aliphatic heterocycles. The minimum Gasteiger partial charge on any atom is -0.378 e. The predicted molar refractivity (Wildman–Crippen MR) is 117 cm³/mol. The van der Waals surface area contributed by atoms with E-state index in [4.69, 9.17) is 9.84 Å². The molecule has 1 aliphatic rings. The van der Waals surface area contributed by atoms with Crippen molar-refractivity contribution in [2.45, 2.75) is 6.42 Å². The second kappa shape index (κ2) is 9.06. The number of morpholine rings is 1. The summed E-state index contributed by atoms with van der Waals surface area (Å²) in [7, 11) is 0. The largest absolute Gasteiger partial charge is 0.378 e. The van der Waals surface area contributed by atoms with Crippen LogP contribution < -0.4 is 10.2 Å². The zero-order valence-corrected chi connectivity index (χ0v) is 17.4. The number of hydrogen-bond acceptors (Lipinski definition) is 8. The summed E-state index contributed by atoms with van der Waals surface area (Å²) in [5.74, 6) is 1.13. The molecule has 1 fully saturated rings. The first-order valence-corrected chi connectivity index (χ1v) is 10.5. The fraction of sp³-hybridized carbons (Fsp3) is 0.273. The van der Waals surface area contributed by atoms with Gasteiger partial charge in [0.2, 0.25) is 5.82 Å². The molecule has 0 spiro atoms. The van der Waals surface area contributed by atoms with Crippen molar-refractivity contribution >= 4 is 17.4 Å². The number of nitrogens with one attached hydrogen (secondary N) is 1. The molecule has 0 saturated carbocycles. The zero-order chi connectivity index (χ0) is 21.8. The standard InChI is InChI=1S/C22H22N8O2/c31-22(25-10-7-17-3-1-2-8-23-17)16-6-9-24-18(15-16)21-27-26-19-4-5-20(28-30(19)21)29-11-13-32-14-12-29/h1-6,8-9,15H,7,10-14H2,(H,25,31). The van der Waals surface area contributed by atoms with Gasteiger partial charge in [0.05, 0.1) is 13.2 Å². The second-order valence-electron chi connectivity index (χ2n) is 7.34. The van der Waals surface area contributed by atoms with Crippen LogP contribution in [-0.2, 0) is 11.2 Å². The smallest absolute Gasteiger partial charge is 0.251 e. The van der Waals surface area contributed by atoms with E-state index in [0.29, 0.717) is 48.9 Å². The average molecular weight is 430 g/mol. The molecule has 32 heavy (non-hydrogen) atoms. The van der Waals surface area contributed by atoms with Gasteiger partial charge in [0.15, 0.2) is 5.65 Å². The average Bonchev–Trinajstić information content (AvgIpc) is 3.29. The molecule has 4 aromatic heterocycles. The quantitative estimate of drug-likeness (QED) is 0.489. The minimum absolute atomic E-state index is 0.180. The van der Waals surface area contributed by atoms with E-state index in [1.54, 1.807) is 29.0 Å². The molecule has 0 bridgehead atoms. The third-order valence-electron chi connectivity index (χ3n) is 5.23. The lowest BCUT2D eigenvalue weighted by molar-refractivity contribution is 0.0954. The molecular weight excluding hydrogens is 408 g/mol. The van der Waals surface area contributed by atoms with Crippen LogP contribution >= 0.6 is 0 Å². The van der Waals surface area contributed by atoms with Crippen molar-refractivity contribution in [2.75, 3.05) is 37.7 Å². The second-order valence-corrected chi connectivity index (χ2v) is 7.34. The van der Waals surface area contributed by atoms with Gasteiger partial charge in [-0.3, -0.25) is 14.8 Å². The lowest BCUT2D eigenvalue weighted by atomic mass is 10.2. The number of carbonyl (C=O) groups excluding carboxylic acids is 1. The predicted octanol–water partition coefficient (Wildman–Crippen LogP) is 1.39. The first-order chi connectivity index (χ1) is 15.8. The first kappa shape index (κ1) is 20.0. The fourth-order valence-corrected chi connectivity index (χ4v) is 3.55. The molecule has 0 aromatic carbocycles. The Morgan fingerprint density at radius 1 is 1.03 bits per heavy atom. The molecule has 0 atom stereocenters. The van der Waals surface area contributed by atoms with E-state index in [9.17, 15) is 4.79 Å². The van der Waals surface area contributed by atoms with Gasteiger partial charge in [-0.25, -0.2) is 0 Å². The molecule has 0 radical (unpaired) electrons.